The summed E-state index contributed by atoms with van der Waals surface area (Å²) < 4.78 is 33.2. The third-order valence-corrected chi connectivity index (χ3v) is 6.81. The predicted octanol–water partition coefficient (Wildman–Crippen LogP) is 2.67. The van der Waals surface area contributed by atoms with Gasteiger partial charge in [0.25, 0.3) is 5.91 Å². The van der Waals surface area contributed by atoms with Crippen LogP contribution in [0.4, 0.5) is 8.78 Å². The average Bonchev–Trinajstić information content (AvgIpc) is 3.30. The minimum Gasteiger partial charge on any atom is -0.434 e. The number of pyridine rings is 1. The molecule has 4 radical (unpaired) electrons. The van der Waals surface area contributed by atoms with E-state index in [-0.39, 0.29) is 23.3 Å². The molecule has 4 heterocycles. The van der Waals surface area contributed by atoms with Gasteiger partial charge in [-0.15, -0.1) is 0 Å². The Morgan fingerprint density at radius 2 is 1.94 bits per heavy atom. The van der Waals surface area contributed by atoms with Crippen LogP contribution in [0.2, 0.25) is 0 Å². The molecule has 3 aromatic heterocycles. The van der Waals surface area contributed by atoms with Gasteiger partial charge in [-0.2, -0.15) is 13.9 Å². The van der Waals surface area contributed by atoms with Gasteiger partial charge < -0.3 is 14.7 Å². The van der Waals surface area contributed by atoms with E-state index in [0.29, 0.717) is 16.8 Å². The number of ether oxygens (including phenoxy) is 1. The van der Waals surface area contributed by atoms with Crippen molar-refractivity contribution in [2.75, 3.05) is 0 Å². The lowest BCUT2D eigenvalue weighted by molar-refractivity contribution is -0.0506. The van der Waals surface area contributed by atoms with Crippen molar-refractivity contribution in [2.45, 2.75) is 37.4 Å². The highest BCUT2D eigenvalue weighted by atomic mass is 19.3. The molecule has 4 aromatic rings. The first-order chi connectivity index (χ1) is 17.1. The lowest BCUT2D eigenvalue weighted by atomic mass is 9.71. The third-order valence-electron chi connectivity index (χ3n) is 6.81. The molecule has 0 saturated heterocycles. The summed E-state index contributed by atoms with van der Waals surface area (Å²) in [4.78, 5) is 22.7. The van der Waals surface area contributed by atoms with Gasteiger partial charge in [-0.3, -0.25) is 4.79 Å². The largest absolute Gasteiger partial charge is 0.434 e. The molecule has 0 saturated carbocycles. The van der Waals surface area contributed by atoms with Crippen molar-refractivity contribution in [3.05, 3.63) is 77.1 Å². The van der Waals surface area contributed by atoms with Crippen molar-refractivity contribution < 1.29 is 23.4 Å². The highest BCUT2D eigenvalue weighted by Gasteiger charge is 2.50. The van der Waals surface area contributed by atoms with Crippen LogP contribution in [0.15, 0.2) is 49.2 Å². The fourth-order valence-corrected chi connectivity index (χ4v) is 5.49. The molecule has 2 aliphatic rings. The number of fused-ring (bicyclic) bond motifs is 9. The quantitative estimate of drug-likeness (QED) is 0.449. The van der Waals surface area contributed by atoms with Gasteiger partial charge in [0.05, 0.1) is 22.8 Å². The van der Waals surface area contributed by atoms with E-state index in [0.717, 1.165) is 21.6 Å². The van der Waals surface area contributed by atoms with Gasteiger partial charge in [0.2, 0.25) is 0 Å². The Balaban J connectivity index is 1.65. The number of nitrogens with zero attached hydrogens (tertiary/aromatic N) is 5. The van der Waals surface area contributed by atoms with Crippen LogP contribution in [0.25, 0.3) is 16.6 Å². The first-order valence-corrected chi connectivity index (χ1v) is 11.1. The van der Waals surface area contributed by atoms with Crippen molar-refractivity contribution in [3.8, 4) is 16.9 Å². The molecule has 36 heavy (non-hydrogen) atoms. The maximum atomic E-state index is 13.5. The Morgan fingerprint density at radius 3 is 2.64 bits per heavy atom. The smallest absolute Gasteiger partial charge is 0.387 e. The van der Waals surface area contributed by atoms with E-state index in [1.54, 1.807) is 16.9 Å². The number of benzene rings is 1. The number of amides is 1. The van der Waals surface area contributed by atoms with E-state index < -0.39 is 30.0 Å². The van der Waals surface area contributed by atoms with Crippen LogP contribution < -0.4 is 4.74 Å². The summed E-state index contributed by atoms with van der Waals surface area (Å²) in [5.74, 6) is -1.38. The predicted molar refractivity (Wildman–Crippen MR) is 126 cm³/mol. The number of carbonyl (C=O) groups is 1. The van der Waals surface area contributed by atoms with E-state index in [1.807, 2.05) is 19.2 Å². The van der Waals surface area contributed by atoms with Crippen LogP contribution in [-0.4, -0.2) is 63.3 Å². The maximum Gasteiger partial charge on any atom is 0.387 e. The maximum absolute atomic E-state index is 13.5. The Labute approximate surface area is 206 Å². The first kappa shape index (κ1) is 22.7. The minimum atomic E-state index is -3.10. The molecular formula is C24H17B2F2N5O3. The fraction of sp³-hybridized carbons (Fsp3) is 0.250. The fourth-order valence-electron chi connectivity index (χ4n) is 5.49. The Morgan fingerprint density at radius 1 is 1.19 bits per heavy atom. The lowest BCUT2D eigenvalue weighted by Crippen LogP contribution is -2.54. The van der Waals surface area contributed by atoms with Gasteiger partial charge in [0, 0.05) is 46.8 Å². The molecule has 176 valence electrons. The van der Waals surface area contributed by atoms with Gasteiger partial charge in [0.15, 0.2) is 0 Å². The van der Waals surface area contributed by atoms with Gasteiger partial charge in [0.1, 0.15) is 27.8 Å². The molecule has 1 amide bonds. The van der Waals surface area contributed by atoms with E-state index >= 15 is 0 Å². The van der Waals surface area contributed by atoms with Crippen molar-refractivity contribution in [3.63, 3.8) is 0 Å². The normalized spacial score (nSPS) is 18.9. The summed E-state index contributed by atoms with van der Waals surface area (Å²) in [6, 6.07) is 5.44. The number of aromatic nitrogens is 4. The molecule has 1 aliphatic heterocycles. The highest BCUT2D eigenvalue weighted by Crippen LogP contribution is 2.54. The molecule has 2 unspecified atom stereocenters. The molecule has 12 heteroatoms. The summed E-state index contributed by atoms with van der Waals surface area (Å²) in [6.45, 7) is -1.18. The minimum absolute atomic E-state index is 0.0729. The van der Waals surface area contributed by atoms with Crippen LogP contribution in [0.5, 0.6) is 5.75 Å². The first-order valence-electron chi connectivity index (χ1n) is 11.1. The lowest BCUT2D eigenvalue weighted by Gasteiger charge is -2.39. The van der Waals surface area contributed by atoms with E-state index in [4.69, 9.17) is 25.5 Å². The number of alkyl halides is 2. The summed E-state index contributed by atoms with van der Waals surface area (Å²) in [5, 5.41) is 15.3. The van der Waals surface area contributed by atoms with Gasteiger partial charge in [-0.1, -0.05) is 6.07 Å². The zero-order valence-electron chi connectivity index (χ0n) is 19.0. The molecule has 0 fully saturated rings. The average molecular weight is 483 g/mol. The SMILES string of the molecule is [B]C([B])(O)N1C(=O)c2cccc(OC(F)F)c2C2CC1c1nn3cc(C)c(-c4cncnc4)cc3c12. The molecule has 8 nitrogen and oxygen atoms in total. The van der Waals surface area contributed by atoms with Gasteiger partial charge in [-0.05, 0) is 42.7 Å². The van der Waals surface area contributed by atoms with Crippen molar-refractivity contribution in [1.82, 2.24) is 24.5 Å². The second kappa shape index (κ2) is 7.86. The van der Waals surface area contributed by atoms with E-state index in [1.165, 1.54) is 24.5 Å². The summed E-state index contributed by atoms with van der Waals surface area (Å²) in [5.41, 5.74) is 2.27. The summed E-state index contributed by atoms with van der Waals surface area (Å²) >= 11 is 0. The number of hydrogen-bond donors (Lipinski definition) is 1. The number of halogens is 2. The Hall–Kier alpha value is -3.79. The van der Waals surface area contributed by atoms with Crippen LogP contribution >= 0.6 is 0 Å². The van der Waals surface area contributed by atoms with E-state index in [2.05, 4.69) is 9.97 Å². The summed E-state index contributed by atoms with van der Waals surface area (Å²) in [7, 11) is 11.7. The molecule has 2 atom stereocenters. The number of aryl methyl sites for hydroxylation is 1. The monoisotopic (exact) mass is 483 g/mol. The van der Waals surface area contributed by atoms with Crippen LogP contribution in [0, 0.1) is 6.92 Å². The summed E-state index contributed by atoms with van der Waals surface area (Å²) in [6.07, 6.45) is 6.88. The topological polar surface area (TPSA) is 92.8 Å². The highest BCUT2D eigenvalue weighted by molar-refractivity contribution is 6.39. The van der Waals surface area contributed by atoms with Crippen molar-refractivity contribution in [1.29, 1.82) is 0 Å². The second-order valence-corrected chi connectivity index (χ2v) is 8.98. The number of hydrogen-bond acceptors (Lipinski definition) is 6. The van der Waals surface area contributed by atoms with Crippen LogP contribution in [0.3, 0.4) is 0 Å². The zero-order valence-corrected chi connectivity index (χ0v) is 19.0. The van der Waals surface area contributed by atoms with Gasteiger partial charge in [-0.25, -0.2) is 14.5 Å². The van der Waals surface area contributed by atoms with Crippen LogP contribution in [-0.2, 0) is 0 Å². The van der Waals surface area contributed by atoms with Crippen molar-refractivity contribution in [2.24, 2.45) is 0 Å². The molecule has 0 spiro atoms. The molecule has 2 bridgehead atoms. The number of rotatable bonds is 4. The molecule has 1 N–H and O–H groups in total. The molecule has 1 aliphatic carbocycles. The number of aliphatic hydroxyl groups is 1. The third kappa shape index (κ3) is 3.31. The standard InChI is InChI=1S/C24H17B2F2N5O3/c1-11-9-32-16(5-14(11)12-7-29-10-30-8-12)20-15-6-17(21(20)31-32)33(24(25,26)35)22(34)13-3-2-4-18(19(13)15)36-23(27)28/h2-5,7-10,15,17,23,35H,6H2,1H3. The van der Waals surface area contributed by atoms with Crippen molar-refractivity contribution >= 4 is 27.1 Å². The van der Waals surface area contributed by atoms with E-state index in [9.17, 15) is 18.7 Å². The Kier molecular flexibility index (Phi) is 4.95. The zero-order chi connectivity index (χ0) is 25.4. The molecule has 1 aromatic carbocycles. The second-order valence-electron chi connectivity index (χ2n) is 8.98. The molecule has 6 rings (SSSR count). The van der Waals surface area contributed by atoms with Gasteiger partial charge >= 0.3 is 6.61 Å². The Bertz CT molecular complexity index is 1520. The van der Waals surface area contributed by atoms with Crippen LogP contribution in [0.1, 0.15) is 51.1 Å². The molecular weight excluding hydrogens is 466 g/mol. The number of carbonyl (C=O) groups excluding carboxylic acids is 1.